The number of hydrogen-bond donors (Lipinski definition) is 2. The van der Waals surface area contributed by atoms with E-state index in [1.807, 2.05) is 0 Å². The Morgan fingerprint density at radius 2 is 1.81 bits per heavy atom. The number of methoxy groups -OCH3 is 1. The molecule has 0 saturated carbocycles. The van der Waals surface area contributed by atoms with Crippen LogP contribution in [0.1, 0.15) is 22.5 Å². The fourth-order valence-electron chi connectivity index (χ4n) is 2.71. The molecule has 1 heterocycles. The number of aryl methyl sites for hydroxylation is 1. The number of ether oxygens (including phenoxy) is 2. The Morgan fingerprint density at radius 3 is 2.48 bits per heavy atom. The molecule has 3 aromatic rings. The number of nitrogens with two attached hydrogens (primary N) is 1. The van der Waals surface area contributed by atoms with Crippen molar-refractivity contribution in [1.29, 1.82) is 0 Å². The number of hydrogen-bond acceptors (Lipinski definition) is 5. The zero-order valence-electron chi connectivity index (χ0n) is 15.1. The molecule has 0 radical (unpaired) electrons. The average Bonchev–Trinajstić information content (AvgIpc) is 2.97. The molecular weight excluding hydrogens is 348 g/mol. The van der Waals surface area contributed by atoms with Gasteiger partial charge in [-0.15, -0.1) is 0 Å². The van der Waals surface area contributed by atoms with E-state index in [1.165, 1.54) is 0 Å². The fraction of sp³-hybridized carbons (Fsp3) is 0.200. The van der Waals surface area contributed by atoms with Crippen LogP contribution < -0.4 is 20.5 Å². The Balaban J connectivity index is 1.74. The topological polar surface area (TPSA) is 104 Å². The lowest BCUT2D eigenvalue weighted by Gasteiger charge is -2.08. The van der Waals surface area contributed by atoms with E-state index in [2.05, 4.69) is 5.32 Å². The number of nitrogens with one attached hydrogen (secondary N) is 1. The second kappa shape index (κ2) is 7.82. The third kappa shape index (κ3) is 4.20. The van der Waals surface area contributed by atoms with Gasteiger partial charge in [0.25, 0.3) is 5.91 Å². The fourth-order valence-corrected chi connectivity index (χ4v) is 2.71. The lowest BCUT2D eigenvalue weighted by Crippen LogP contribution is -2.14. The zero-order valence-corrected chi connectivity index (χ0v) is 15.1. The lowest BCUT2D eigenvalue weighted by molar-refractivity contribution is -0.118. The van der Waals surface area contributed by atoms with Gasteiger partial charge in [-0.2, -0.15) is 0 Å². The maximum atomic E-state index is 12.7. The van der Waals surface area contributed by atoms with Gasteiger partial charge in [0, 0.05) is 11.1 Å². The second-order valence-electron chi connectivity index (χ2n) is 5.94. The average molecular weight is 368 g/mol. The quantitative estimate of drug-likeness (QED) is 0.666. The molecule has 0 saturated heterocycles. The summed E-state index contributed by atoms with van der Waals surface area (Å²) in [4.78, 5) is 23.5. The Labute approximate surface area is 156 Å². The molecule has 0 aliphatic carbocycles. The molecule has 0 bridgehead atoms. The number of anilines is 1. The first kappa shape index (κ1) is 18.3. The van der Waals surface area contributed by atoms with E-state index in [9.17, 15) is 9.59 Å². The summed E-state index contributed by atoms with van der Waals surface area (Å²) in [5.74, 6) is 1.07. The monoisotopic (exact) mass is 368 g/mol. The summed E-state index contributed by atoms with van der Waals surface area (Å²) in [5, 5.41) is 3.54. The molecule has 27 heavy (non-hydrogen) atoms. The highest BCUT2D eigenvalue weighted by Gasteiger charge is 2.19. The molecule has 0 fully saturated rings. The molecule has 3 N–H and O–H groups in total. The van der Waals surface area contributed by atoms with Crippen molar-refractivity contribution in [2.24, 2.45) is 5.73 Å². The zero-order chi connectivity index (χ0) is 19.4. The van der Waals surface area contributed by atoms with Gasteiger partial charge in [-0.05, 0) is 49.4 Å². The highest BCUT2D eigenvalue weighted by molar-refractivity contribution is 6.13. The van der Waals surface area contributed by atoms with Crippen LogP contribution in [-0.2, 0) is 4.79 Å². The molecule has 0 aliphatic heterocycles. The van der Waals surface area contributed by atoms with Crippen LogP contribution in [-0.4, -0.2) is 25.5 Å². The van der Waals surface area contributed by atoms with Crippen LogP contribution in [0.4, 0.5) is 5.69 Å². The number of carbonyl (C=O) groups excluding carboxylic acids is 2. The molecule has 0 atom stereocenters. The predicted molar refractivity (Wildman–Crippen MR) is 101 cm³/mol. The Bertz CT molecular complexity index is 976. The Hall–Kier alpha value is -3.48. The van der Waals surface area contributed by atoms with Crippen molar-refractivity contribution in [2.75, 3.05) is 19.0 Å². The van der Waals surface area contributed by atoms with Crippen LogP contribution in [0.5, 0.6) is 11.5 Å². The molecule has 2 amide bonds. The minimum Gasteiger partial charge on any atom is -0.497 e. The minimum absolute atomic E-state index is 0.148. The second-order valence-corrected chi connectivity index (χ2v) is 5.94. The Kier molecular flexibility index (Phi) is 5.30. The summed E-state index contributed by atoms with van der Waals surface area (Å²) in [6.45, 7) is 1.96. The molecule has 7 heteroatoms. The van der Waals surface area contributed by atoms with Crippen LogP contribution in [0.2, 0.25) is 0 Å². The van der Waals surface area contributed by atoms with Gasteiger partial charge < -0.3 is 24.9 Å². The van der Waals surface area contributed by atoms with Gasteiger partial charge in [-0.25, -0.2) is 0 Å². The SMILES string of the molecule is COc1ccc2oc(C)c(C(=O)Nc3ccc(OCCC(N)=O)cc3)c2c1. The van der Waals surface area contributed by atoms with Crippen molar-refractivity contribution >= 4 is 28.5 Å². The van der Waals surface area contributed by atoms with Crippen LogP contribution in [0.15, 0.2) is 46.9 Å². The third-order valence-electron chi connectivity index (χ3n) is 4.03. The molecule has 140 valence electrons. The van der Waals surface area contributed by atoms with Crippen LogP contribution in [0.3, 0.4) is 0 Å². The number of amides is 2. The summed E-state index contributed by atoms with van der Waals surface area (Å²) in [6.07, 6.45) is 0.148. The van der Waals surface area contributed by atoms with Crippen molar-refractivity contribution in [3.05, 3.63) is 53.8 Å². The lowest BCUT2D eigenvalue weighted by atomic mass is 10.1. The molecule has 1 aromatic heterocycles. The van der Waals surface area contributed by atoms with Gasteiger partial charge in [0.05, 0.1) is 25.7 Å². The van der Waals surface area contributed by atoms with Gasteiger partial charge in [0.15, 0.2) is 0 Å². The summed E-state index contributed by atoms with van der Waals surface area (Å²) in [7, 11) is 1.57. The van der Waals surface area contributed by atoms with Gasteiger partial charge in [-0.3, -0.25) is 9.59 Å². The van der Waals surface area contributed by atoms with Crippen molar-refractivity contribution in [2.45, 2.75) is 13.3 Å². The first-order valence-corrected chi connectivity index (χ1v) is 8.37. The van der Waals surface area contributed by atoms with E-state index in [1.54, 1.807) is 56.5 Å². The van der Waals surface area contributed by atoms with E-state index in [0.717, 1.165) is 0 Å². The molecule has 3 rings (SSSR count). The third-order valence-corrected chi connectivity index (χ3v) is 4.03. The Morgan fingerprint density at radius 1 is 1.11 bits per heavy atom. The van der Waals surface area contributed by atoms with Gasteiger partial charge >= 0.3 is 0 Å². The molecular formula is C20H20N2O5. The van der Waals surface area contributed by atoms with Gasteiger partial charge in [-0.1, -0.05) is 0 Å². The number of rotatable bonds is 7. The van der Waals surface area contributed by atoms with Crippen LogP contribution in [0, 0.1) is 6.92 Å². The van der Waals surface area contributed by atoms with Crippen LogP contribution >= 0.6 is 0 Å². The minimum atomic E-state index is -0.418. The first-order valence-electron chi connectivity index (χ1n) is 8.37. The van der Waals surface area contributed by atoms with E-state index >= 15 is 0 Å². The maximum Gasteiger partial charge on any atom is 0.259 e. The van der Waals surface area contributed by atoms with Crippen LogP contribution in [0.25, 0.3) is 11.0 Å². The molecule has 7 nitrogen and oxygen atoms in total. The summed E-state index contributed by atoms with van der Waals surface area (Å²) >= 11 is 0. The highest BCUT2D eigenvalue weighted by Crippen LogP contribution is 2.29. The van der Waals surface area contributed by atoms with Crippen molar-refractivity contribution in [3.63, 3.8) is 0 Å². The van der Waals surface area contributed by atoms with E-state index in [-0.39, 0.29) is 18.9 Å². The van der Waals surface area contributed by atoms with Crippen molar-refractivity contribution in [1.82, 2.24) is 0 Å². The largest absolute Gasteiger partial charge is 0.497 e. The number of fused-ring (bicyclic) bond motifs is 1. The summed E-state index contributed by atoms with van der Waals surface area (Å²) in [5.41, 5.74) is 6.77. The molecule has 0 unspecified atom stereocenters. The highest BCUT2D eigenvalue weighted by atomic mass is 16.5. The number of benzene rings is 2. The van der Waals surface area contributed by atoms with E-state index in [4.69, 9.17) is 19.6 Å². The predicted octanol–water partition coefficient (Wildman–Crippen LogP) is 3.26. The van der Waals surface area contributed by atoms with Crippen molar-refractivity contribution in [3.8, 4) is 11.5 Å². The number of furan rings is 1. The smallest absolute Gasteiger partial charge is 0.259 e. The standard InChI is InChI=1S/C20H20N2O5/c1-12-19(16-11-15(25-2)7-8-17(16)27-12)20(24)22-13-3-5-14(6-4-13)26-10-9-18(21)23/h3-8,11H,9-10H2,1-2H3,(H2,21,23)(H,22,24). The number of primary amides is 1. The van der Waals surface area contributed by atoms with Gasteiger partial charge in [0.2, 0.25) is 5.91 Å². The molecule has 0 aliphatic rings. The van der Waals surface area contributed by atoms with Crippen molar-refractivity contribution < 1.29 is 23.5 Å². The summed E-state index contributed by atoms with van der Waals surface area (Å²) < 4.78 is 16.3. The van der Waals surface area contributed by atoms with E-state index in [0.29, 0.717) is 39.5 Å². The summed E-state index contributed by atoms with van der Waals surface area (Å²) in [6, 6.07) is 12.2. The maximum absolute atomic E-state index is 12.7. The molecule has 2 aromatic carbocycles. The van der Waals surface area contributed by atoms with Gasteiger partial charge in [0.1, 0.15) is 22.8 Å². The number of carbonyl (C=O) groups is 2. The normalized spacial score (nSPS) is 10.6. The first-order chi connectivity index (χ1) is 13.0. The molecule has 0 spiro atoms. The van der Waals surface area contributed by atoms with E-state index < -0.39 is 5.91 Å².